The highest BCUT2D eigenvalue weighted by molar-refractivity contribution is 6.22. The number of fused-ring (bicyclic) bond motifs is 5. The van der Waals surface area contributed by atoms with Crippen LogP contribution in [-0.2, 0) is 19.1 Å². The summed E-state index contributed by atoms with van der Waals surface area (Å²) in [5.74, 6) is -0.462. The van der Waals surface area contributed by atoms with Crippen molar-refractivity contribution in [3.8, 4) is 5.75 Å². The summed E-state index contributed by atoms with van der Waals surface area (Å²) in [6.45, 7) is -0.443. The minimum atomic E-state index is -0.666. The van der Waals surface area contributed by atoms with E-state index in [1.807, 2.05) is 0 Å². The van der Waals surface area contributed by atoms with Gasteiger partial charge < -0.3 is 14.8 Å². The number of carbonyl (C=O) groups excluding carboxylic acids is 4. The highest BCUT2D eigenvalue weighted by Gasteiger charge is 2.61. The molecule has 2 aromatic carbocycles. The Morgan fingerprint density at radius 2 is 1.55 bits per heavy atom. The van der Waals surface area contributed by atoms with Crippen molar-refractivity contribution < 1.29 is 28.7 Å². The number of nitrogens with one attached hydrogen (secondary N) is 1. The summed E-state index contributed by atoms with van der Waals surface area (Å²) in [5, 5.41) is 2.63. The fraction of sp³-hybridized carbons (Fsp3) is 0.360. The largest absolute Gasteiger partial charge is 0.497 e. The van der Waals surface area contributed by atoms with Gasteiger partial charge in [0, 0.05) is 5.69 Å². The number of hydrogen-bond donors (Lipinski definition) is 1. The Morgan fingerprint density at radius 3 is 2.12 bits per heavy atom. The zero-order valence-corrected chi connectivity index (χ0v) is 18.2. The van der Waals surface area contributed by atoms with Gasteiger partial charge in [0.25, 0.3) is 5.91 Å². The molecule has 3 aliphatic rings. The summed E-state index contributed by atoms with van der Waals surface area (Å²) >= 11 is 0. The van der Waals surface area contributed by atoms with E-state index in [0.717, 1.165) is 19.3 Å². The van der Waals surface area contributed by atoms with E-state index in [4.69, 9.17) is 9.47 Å². The second-order valence-corrected chi connectivity index (χ2v) is 8.80. The number of carbonyl (C=O) groups is 4. The van der Waals surface area contributed by atoms with Crippen LogP contribution >= 0.6 is 0 Å². The lowest BCUT2D eigenvalue weighted by atomic mass is 9.81. The minimum Gasteiger partial charge on any atom is -0.497 e. The number of ether oxygens (including phenoxy) is 2. The van der Waals surface area contributed by atoms with E-state index in [1.165, 1.54) is 17.0 Å². The number of esters is 1. The minimum absolute atomic E-state index is 0.122. The summed E-state index contributed by atoms with van der Waals surface area (Å²) in [5.41, 5.74) is 1.25. The highest BCUT2D eigenvalue weighted by Crippen LogP contribution is 2.56. The smallest absolute Gasteiger partial charge is 0.338 e. The molecule has 8 heteroatoms. The summed E-state index contributed by atoms with van der Waals surface area (Å²) in [6.07, 6.45) is 3.03. The molecule has 3 fully saturated rings. The number of hydrogen-bond acceptors (Lipinski definition) is 6. The normalized spacial score (nSPS) is 25.2. The fourth-order valence-electron chi connectivity index (χ4n) is 5.50. The van der Waals surface area contributed by atoms with Gasteiger partial charge in [-0.1, -0.05) is 0 Å². The Labute approximate surface area is 190 Å². The average molecular weight is 448 g/mol. The number of amides is 3. The van der Waals surface area contributed by atoms with Crippen LogP contribution in [0.5, 0.6) is 5.75 Å². The van der Waals surface area contributed by atoms with Gasteiger partial charge in [0.1, 0.15) is 5.75 Å². The predicted octanol–water partition coefficient (Wildman–Crippen LogP) is 3.03. The van der Waals surface area contributed by atoms with Gasteiger partial charge in [-0.05, 0) is 79.6 Å². The topological polar surface area (TPSA) is 102 Å². The first-order valence-electron chi connectivity index (χ1n) is 11.0. The summed E-state index contributed by atoms with van der Waals surface area (Å²) < 4.78 is 10.2. The van der Waals surface area contributed by atoms with Gasteiger partial charge in [0.15, 0.2) is 6.61 Å². The molecule has 1 saturated heterocycles. The lowest BCUT2D eigenvalue weighted by Gasteiger charge is -2.19. The van der Waals surface area contributed by atoms with Crippen molar-refractivity contribution in [2.75, 3.05) is 23.9 Å². The van der Waals surface area contributed by atoms with Crippen molar-refractivity contribution in [3.05, 3.63) is 54.1 Å². The molecule has 2 bridgehead atoms. The molecular weight excluding hydrogens is 424 g/mol. The second kappa shape index (κ2) is 8.35. The van der Waals surface area contributed by atoms with Crippen molar-refractivity contribution in [2.24, 2.45) is 23.7 Å². The van der Waals surface area contributed by atoms with Gasteiger partial charge in [-0.15, -0.1) is 0 Å². The third-order valence-electron chi connectivity index (χ3n) is 7.00. The van der Waals surface area contributed by atoms with Crippen molar-refractivity contribution in [1.82, 2.24) is 0 Å². The van der Waals surface area contributed by atoms with Gasteiger partial charge in [-0.2, -0.15) is 0 Å². The van der Waals surface area contributed by atoms with Crippen LogP contribution < -0.4 is 15.0 Å². The SMILES string of the molecule is COc1ccc(NC(=O)COC(=O)c2ccc(N3C(=O)[C@@H]4[C@H]5CC[C@@H](C5)[C@H]4C3=O)cc2)cc1. The number of nitrogens with zero attached hydrogens (tertiary/aromatic N) is 1. The average Bonchev–Trinajstić information content (AvgIpc) is 3.52. The van der Waals surface area contributed by atoms with Gasteiger partial charge >= 0.3 is 5.97 Å². The summed E-state index contributed by atoms with van der Waals surface area (Å²) in [4.78, 5) is 51.5. The molecule has 0 aromatic heterocycles. The van der Waals surface area contributed by atoms with E-state index >= 15 is 0 Å². The van der Waals surface area contributed by atoms with Crippen LogP contribution in [-0.4, -0.2) is 37.4 Å². The number of imide groups is 1. The Kier molecular flexibility index (Phi) is 5.36. The number of methoxy groups -OCH3 is 1. The van der Waals surface area contributed by atoms with Crippen LogP contribution in [0.3, 0.4) is 0 Å². The quantitative estimate of drug-likeness (QED) is 0.538. The first-order chi connectivity index (χ1) is 16.0. The zero-order valence-electron chi connectivity index (χ0n) is 18.2. The van der Waals surface area contributed by atoms with Crippen LogP contribution in [0.1, 0.15) is 29.6 Å². The zero-order chi connectivity index (χ0) is 23.1. The number of benzene rings is 2. The molecule has 5 rings (SSSR count). The maximum Gasteiger partial charge on any atom is 0.338 e. The predicted molar refractivity (Wildman–Crippen MR) is 119 cm³/mol. The summed E-state index contributed by atoms with van der Waals surface area (Å²) in [7, 11) is 1.55. The lowest BCUT2D eigenvalue weighted by Crippen LogP contribution is -2.32. The maximum atomic E-state index is 12.9. The van der Waals surface area contributed by atoms with Crippen LogP contribution in [0.25, 0.3) is 0 Å². The monoisotopic (exact) mass is 448 g/mol. The first-order valence-corrected chi connectivity index (χ1v) is 11.0. The van der Waals surface area contributed by atoms with Gasteiger partial charge in [0.05, 0.1) is 30.2 Å². The van der Waals surface area contributed by atoms with E-state index in [2.05, 4.69) is 5.32 Å². The first kappa shape index (κ1) is 21.2. The molecule has 0 spiro atoms. The van der Waals surface area contributed by atoms with E-state index in [-0.39, 0.29) is 29.2 Å². The van der Waals surface area contributed by atoms with Gasteiger partial charge in [0.2, 0.25) is 11.8 Å². The molecule has 2 aliphatic carbocycles. The van der Waals surface area contributed by atoms with E-state index in [0.29, 0.717) is 29.0 Å². The van der Waals surface area contributed by atoms with Crippen molar-refractivity contribution in [3.63, 3.8) is 0 Å². The number of anilines is 2. The lowest BCUT2D eigenvalue weighted by molar-refractivity contribution is -0.123. The van der Waals surface area contributed by atoms with Crippen molar-refractivity contribution >= 4 is 35.1 Å². The maximum absolute atomic E-state index is 12.9. The molecule has 0 unspecified atom stereocenters. The van der Waals surface area contributed by atoms with E-state index in [9.17, 15) is 19.2 Å². The van der Waals surface area contributed by atoms with Crippen LogP contribution in [0.15, 0.2) is 48.5 Å². The third-order valence-corrected chi connectivity index (χ3v) is 7.00. The van der Waals surface area contributed by atoms with E-state index in [1.54, 1.807) is 43.5 Å². The van der Waals surface area contributed by atoms with Gasteiger partial charge in [-0.25, -0.2) is 4.79 Å². The third kappa shape index (κ3) is 3.75. The molecule has 2 saturated carbocycles. The fourth-order valence-corrected chi connectivity index (χ4v) is 5.50. The highest BCUT2D eigenvalue weighted by atomic mass is 16.5. The summed E-state index contributed by atoms with van der Waals surface area (Å²) in [6, 6.07) is 12.9. The Bertz CT molecular complexity index is 1080. The van der Waals surface area contributed by atoms with E-state index < -0.39 is 18.5 Å². The standard InChI is InChI=1S/C25H24N2O6/c1-32-19-10-6-17(7-11-19)26-20(28)13-33-25(31)14-4-8-18(9-5-14)27-23(29)21-15-2-3-16(12-15)22(21)24(27)30/h4-11,15-16,21-22H,2-3,12-13H2,1H3,(H,26,28)/t15-,16-,21+,22+/m0/s1. The molecule has 33 heavy (non-hydrogen) atoms. The van der Waals surface area contributed by atoms with Crippen LogP contribution in [0.4, 0.5) is 11.4 Å². The van der Waals surface area contributed by atoms with Crippen LogP contribution in [0, 0.1) is 23.7 Å². The molecule has 8 nitrogen and oxygen atoms in total. The van der Waals surface area contributed by atoms with Crippen molar-refractivity contribution in [1.29, 1.82) is 0 Å². The second-order valence-electron chi connectivity index (χ2n) is 8.80. The molecule has 3 amide bonds. The number of rotatable bonds is 6. The Morgan fingerprint density at radius 1 is 0.939 bits per heavy atom. The molecule has 170 valence electrons. The molecule has 1 N–H and O–H groups in total. The van der Waals surface area contributed by atoms with Gasteiger partial charge in [-0.3, -0.25) is 19.3 Å². The molecular formula is C25H24N2O6. The molecule has 2 aromatic rings. The molecule has 0 radical (unpaired) electrons. The Balaban J connectivity index is 1.18. The van der Waals surface area contributed by atoms with Crippen molar-refractivity contribution in [2.45, 2.75) is 19.3 Å². The molecule has 1 aliphatic heterocycles. The molecule has 4 atom stereocenters. The molecule has 1 heterocycles. The Hall–Kier alpha value is -3.68. The van der Waals surface area contributed by atoms with Crippen LogP contribution in [0.2, 0.25) is 0 Å².